The molecule has 1 heterocycles. The van der Waals surface area contributed by atoms with E-state index in [0.717, 1.165) is 13.1 Å². The Morgan fingerprint density at radius 2 is 2.50 bits per heavy atom. The standard InChI is InChI=1S/C9H17NO2/c1-12-7-9(11)5-8-3-2-4-10-6-8/h8,10H,2-7H2,1H3. The lowest BCUT2D eigenvalue weighted by molar-refractivity contribution is -0.123. The quantitative estimate of drug-likeness (QED) is 0.673. The summed E-state index contributed by atoms with van der Waals surface area (Å²) in [6.45, 7) is 2.38. The molecule has 0 aliphatic carbocycles. The van der Waals surface area contributed by atoms with E-state index >= 15 is 0 Å². The highest BCUT2D eigenvalue weighted by atomic mass is 16.5. The van der Waals surface area contributed by atoms with Crippen molar-refractivity contribution in [3.05, 3.63) is 0 Å². The molecule has 0 amide bonds. The second-order valence-electron chi connectivity index (χ2n) is 3.39. The molecular weight excluding hydrogens is 154 g/mol. The van der Waals surface area contributed by atoms with Crippen LogP contribution < -0.4 is 5.32 Å². The van der Waals surface area contributed by atoms with Crippen LogP contribution in [-0.2, 0) is 9.53 Å². The number of carbonyl (C=O) groups excluding carboxylic acids is 1. The van der Waals surface area contributed by atoms with Crippen LogP contribution in [0.2, 0.25) is 0 Å². The van der Waals surface area contributed by atoms with Crippen LogP contribution in [0.25, 0.3) is 0 Å². The van der Waals surface area contributed by atoms with Gasteiger partial charge in [0.25, 0.3) is 0 Å². The Hall–Kier alpha value is -0.410. The summed E-state index contributed by atoms with van der Waals surface area (Å²) in [5.41, 5.74) is 0. The first kappa shape index (κ1) is 9.68. The van der Waals surface area contributed by atoms with Gasteiger partial charge < -0.3 is 10.1 Å². The molecular formula is C9H17NO2. The zero-order valence-electron chi connectivity index (χ0n) is 7.64. The van der Waals surface area contributed by atoms with E-state index in [-0.39, 0.29) is 12.4 Å². The maximum atomic E-state index is 11.2. The molecule has 3 nitrogen and oxygen atoms in total. The maximum absolute atomic E-state index is 11.2. The van der Waals surface area contributed by atoms with Crippen molar-refractivity contribution >= 4 is 5.78 Å². The number of piperidine rings is 1. The molecule has 1 fully saturated rings. The monoisotopic (exact) mass is 171 g/mol. The molecule has 70 valence electrons. The molecule has 1 N–H and O–H groups in total. The number of ketones is 1. The number of hydrogen-bond donors (Lipinski definition) is 1. The highest BCUT2D eigenvalue weighted by Gasteiger charge is 2.15. The summed E-state index contributed by atoms with van der Waals surface area (Å²) in [5, 5.41) is 3.29. The van der Waals surface area contributed by atoms with Crippen LogP contribution in [0.1, 0.15) is 19.3 Å². The third kappa shape index (κ3) is 3.32. The smallest absolute Gasteiger partial charge is 0.158 e. The minimum atomic E-state index is 0.228. The fourth-order valence-electron chi connectivity index (χ4n) is 1.64. The van der Waals surface area contributed by atoms with Gasteiger partial charge in [0.15, 0.2) is 5.78 Å². The molecule has 0 saturated carbocycles. The molecule has 0 aromatic carbocycles. The number of ether oxygens (including phenoxy) is 1. The minimum absolute atomic E-state index is 0.228. The first-order valence-corrected chi connectivity index (χ1v) is 4.54. The predicted octanol–water partition coefficient (Wildman–Crippen LogP) is 0.592. The highest BCUT2D eigenvalue weighted by molar-refractivity contribution is 5.79. The van der Waals surface area contributed by atoms with Gasteiger partial charge in [-0.3, -0.25) is 4.79 Å². The largest absolute Gasteiger partial charge is 0.377 e. The van der Waals surface area contributed by atoms with Gasteiger partial charge in [0.1, 0.15) is 6.61 Å². The van der Waals surface area contributed by atoms with Gasteiger partial charge in [-0.25, -0.2) is 0 Å². The van der Waals surface area contributed by atoms with Crippen LogP contribution in [0, 0.1) is 5.92 Å². The van der Waals surface area contributed by atoms with Crippen LogP contribution in [0.3, 0.4) is 0 Å². The number of Topliss-reactive ketones (excluding diaryl/α,β-unsaturated/α-hetero) is 1. The van der Waals surface area contributed by atoms with Gasteiger partial charge in [0, 0.05) is 13.5 Å². The molecule has 1 saturated heterocycles. The van der Waals surface area contributed by atoms with E-state index < -0.39 is 0 Å². The van der Waals surface area contributed by atoms with Gasteiger partial charge in [0.05, 0.1) is 0 Å². The van der Waals surface area contributed by atoms with Crippen molar-refractivity contribution < 1.29 is 9.53 Å². The molecule has 12 heavy (non-hydrogen) atoms. The number of nitrogens with one attached hydrogen (secondary N) is 1. The van der Waals surface area contributed by atoms with Crippen molar-refractivity contribution in [1.29, 1.82) is 0 Å². The van der Waals surface area contributed by atoms with Crippen molar-refractivity contribution in [3.8, 4) is 0 Å². The van der Waals surface area contributed by atoms with E-state index in [1.807, 2.05) is 0 Å². The van der Waals surface area contributed by atoms with E-state index in [9.17, 15) is 4.79 Å². The Morgan fingerprint density at radius 1 is 1.67 bits per heavy atom. The Kier molecular flexibility index (Phi) is 4.25. The van der Waals surface area contributed by atoms with Gasteiger partial charge in [-0.1, -0.05) is 0 Å². The summed E-state index contributed by atoms with van der Waals surface area (Å²) < 4.78 is 4.78. The summed E-state index contributed by atoms with van der Waals surface area (Å²) in [6, 6.07) is 0. The van der Waals surface area contributed by atoms with Crippen molar-refractivity contribution in [1.82, 2.24) is 5.32 Å². The van der Waals surface area contributed by atoms with E-state index in [2.05, 4.69) is 5.32 Å². The van der Waals surface area contributed by atoms with Crippen molar-refractivity contribution in [3.63, 3.8) is 0 Å². The molecule has 1 rings (SSSR count). The number of rotatable bonds is 4. The minimum Gasteiger partial charge on any atom is -0.377 e. The Bertz CT molecular complexity index is 141. The molecule has 1 aliphatic rings. The van der Waals surface area contributed by atoms with Crippen LogP contribution in [0.4, 0.5) is 0 Å². The lowest BCUT2D eigenvalue weighted by Gasteiger charge is -2.21. The highest BCUT2D eigenvalue weighted by Crippen LogP contribution is 2.13. The molecule has 0 aromatic rings. The van der Waals surface area contributed by atoms with Crippen LogP contribution in [0.15, 0.2) is 0 Å². The second kappa shape index (κ2) is 5.27. The van der Waals surface area contributed by atoms with E-state index in [1.54, 1.807) is 7.11 Å². The van der Waals surface area contributed by atoms with Crippen LogP contribution in [-0.4, -0.2) is 32.6 Å². The molecule has 0 aromatic heterocycles. The first-order valence-electron chi connectivity index (χ1n) is 4.54. The molecule has 0 spiro atoms. The summed E-state index contributed by atoms with van der Waals surface area (Å²) in [5.74, 6) is 0.771. The molecule has 3 heteroatoms. The van der Waals surface area contributed by atoms with Crippen molar-refractivity contribution in [2.45, 2.75) is 19.3 Å². The van der Waals surface area contributed by atoms with Crippen LogP contribution in [0.5, 0.6) is 0 Å². The summed E-state index contributed by atoms with van der Waals surface area (Å²) in [7, 11) is 1.57. The van der Waals surface area contributed by atoms with E-state index in [0.29, 0.717) is 12.3 Å². The first-order chi connectivity index (χ1) is 5.83. The number of methoxy groups -OCH3 is 1. The molecule has 0 radical (unpaired) electrons. The summed E-state index contributed by atoms with van der Waals surface area (Å²) >= 11 is 0. The number of carbonyl (C=O) groups is 1. The van der Waals surface area contributed by atoms with E-state index in [1.165, 1.54) is 12.8 Å². The average molecular weight is 171 g/mol. The van der Waals surface area contributed by atoms with E-state index in [4.69, 9.17) is 4.74 Å². The summed E-state index contributed by atoms with van der Waals surface area (Å²) in [4.78, 5) is 11.2. The number of hydrogen-bond acceptors (Lipinski definition) is 3. The predicted molar refractivity (Wildman–Crippen MR) is 47.1 cm³/mol. The van der Waals surface area contributed by atoms with Gasteiger partial charge in [-0.15, -0.1) is 0 Å². The second-order valence-corrected chi connectivity index (χ2v) is 3.39. The fraction of sp³-hybridized carbons (Fsp3) is 0.889. The lowest BCUT2D eigenvalue weighted by atomic mass is 9.94. The zero-order chi connectivity index (χ0) is 8.81. The average Bonchev–Trinajstić information content (AvgIpc) is 2.06. The topological polar surface area (TPSA) is 38.3 Å². The maximum Gasteiger partial charge on any atom is 0.158 e. The van der Waals surface area contributed by atoms with Crippen molar-refractivity contribution in [2.24, 2.45) is 5.92 Å². The zero-order valence-corrected chi connectivity index (χ0v) is 7.64. The third-order valence-electron chi connectivity index (χ3n) is 2.22. The van der Waals surface area contributed by atoms with Gasteiger partial charge in [-0.2, -0.15) is 0 Å². The Balaban J connectivity index is 2.15. The molecule has 1 unspecified atom stereocenters. The molecule has 0 bridgehead atoms. The molecule has 1 aliphatic heterocycles. The normalized spacial score (nSPS) is 23.9. The fourth-order valence-corrected chi connectivity index (χ4v) is 1.64. The van der Waals surface area contributed by atoms with Gasteiger partial charge in [-0.05, 0) is 31.8 Å². The molecule has 1 atom stereocenters. The van der Waals surface area contributed by atoms with Crippen LogP contribution >= 0.6 is 0 Å². The third-order valence-corrected chi connectivity index (χ3v) is 2.22. The Morgan fingerprint density at radius 3 is 3.08 bits per heavy atom. The summed E-state index contributed by atoms with van der Waals surface area (Å²) in [6.07, 6.45) is 3.06. The SMILES string of the molecule is COCC(=O)CC1CCCNC1. The van der Waals surface area contributed by atoms with Crippen molar-refractivity contribution in [2.75, 3.05) is 26.8 Å². The van der Waals surface area contributed by atoms with Gasteiger partial charge >= 0.3 is 0 Å². The lowest BCUT2D eigenvalue weighted by Crippen LogP contribution is -2.31. The Labute approximate surface area is 73.5 Å². The van der Waals surface area contributed by atoms with Gasteiger partial charge in [0.2, 0.25) is 0 Å².